The first-order chi connectivity index (χ1) is 13.9. The highest BCUT2D eigenvalue weighted by atomic mass is 16.7. The van der Waals surface area contributed by atoms with E-state index in [-0.39, 0.29) is 26.1 Å². The standard InChI is InChI=1S/C17H22N2O10/c20-12-2-3-13(21)18(12)28-16(24)6-10-26-8-1-9-27-11-7-17(25)29-19-14(22)4-5-15(19)23/h2-5,20-23H,1,6-11H2. The van der Waals surface area contributed by atoms with Gasteiger partial charge in [0.15, 0.2) is 0 Å². The molecule has 4 N–H and O–H groups in total. The van der Waals surface area contributed by atoms with Crippen molar-refractivity contribution in [3.8, 4) is 23.5 Å². The topological polar surface area (TPSA) is 162 Å². The summed E-state index contributed by atoms with van der Waals surface area (Å²) in [5.41, 5.74) is 0. The largest absolute Gasteiger partial charge is 0.492 e. The lowest BCUT2D eigenvalue weighted by molar-refractivity contribution is -0.147. The minimum Gasteiger partial charge on any atom is -0.492 e. The molecule has 2 heterocycles. The fourth-order valence-electron chi connectivity index (χ4n) is 2.06. The first-order valence-electron chi connectivity index (χ1n) is 8.65. The molecule has 0 aliphatic rings. The molecule has 0 atom stereocenters. The lowest BCUT2D eigenvalue weighted by Crippen LogP contribution is -2.21. The summed E-state index contributed by atoms with van der Waals surface area (Å²) in [7, 11) is 0. The van der Waals surface area contributed by atoms with Crippen LogP contribution in [0, 0.1) is 0 Å². The molecule has 12 nitrogen and oxygen atoms in total. The Bertz CT molecular complexity index is 708. The number of hydrogen-bond donors (Lipinski definition) is 4. The van der Waals surface area contributed by atoms with Crippen LogP contribution in [0.25, 0.3) is 0 Å². The van der Waals surface area contributed by atoms with E-state index in [1.165, 1.54) is 24.3 Å². The number of ether oxygens (including phenoxy) is 2. The van der Waals surface area contributed by atoms with Crippen molar-refractivity contribution < 1.29 is 49.2 Å². The van der Waals surface area contributed by atoms with Crippen LogP contribution in [0.1, 0.15) is 19.3 Å². The number of rotatable bonds is 12. The highest BCUT2D eigenvalue weighted by Gasteiger charge is 2.13. The molecule has 0 saturated heterocycles. The lowest BCUT2D eigenvalue weighted by atomic mass is 10.4. The number of carbonyl (C=O) groups is 2. The number of aromatic nitrogens is 2. The lowest BCUT2D eigenvalue weighted by Gasteiger charge is -2.08. The Morgan fingerprint density at radius 3 is 1.34 bits per heavy atom. The zero-order valence-electron chi connectivity index (χ0n) is 15.4. The van der Waals surface area contributed by atoms with Crippen LogP contribution < -0.4 is 9.68 Å². The Hall–Kier alpha value is -3.38. The Kier molecular flexibility index (Phi) is 8.18. The van der Waals surface area contributed by atoms with Gasteiger partial charge in [-0.05, 0) is 6.42 Å². The van der Waals surface area contributed by atoms with Crippen LogP contribution in [-0.2, 0) is 19.1 Å². The highest BCUT2D eigenvalue weighted by molar-refractivity contribution is 5.70. The van der Waals surface area contributed by atoms with E-state index in [9.17, 15) is 30.0 Å². The molecule has 0 aliphatic carbocycles. The molecule has 0 aliphatic heterocycles. The number of nitrogens with zero attached hydrogens (tertiary/aromatic N) is 2. The Morgan fingerprint density at radius 2 is 1.00 bits per heavy atom. The number of hydrogen-bond acceptors (Lipinski definition) is 10. The van der Waals surface area contributed by atoms with E-state index >= 15 is 0 Å². The SMILES string of the molecule is O=C(CCOCCCOCCC(=O)On1c(O)ccc1O)On1c(O)ccc1O. The quantitative estimate of drug-likeness (QED) is 0.346. The van der Waals surface area contributed by atoms with Gasteiger partial charge in [-0.1, -0.05) is 0 Å². The minimum atomic E-state index is -0.693. The average Bonchev–Trinajstić information content (AvgIpc) is 3.16. The zero-order valence-corrected chi connectivity index (χ0v) is 15.4. The van der Waals surface area contributed by atoms with Crippen LogP contribution in [0.4, 0.5) is 0 Å². The molecule has 2 rings (SSSR count). The van der Waals surface area contributed by atoms with Crippen molar-refractivity contribution in [3.05, 3.63) is 24.3 Å². The van der Waals surface area contributed by atoms with Gasteiger partial charge in [-0.2, -0.15) is 0 Å². The van der Waals surface area contributed by atoms with Crippen LogP contribution in [0.5, 0.6) is 23.5 Å². The van der Waals surface area contributed by atoms with E-state index in [0.717, 1.165) is 0 Å². The fourth-order valence-corrected chi connectivity index (χ4v) is 2.06. The van der Waals surface area contributed by atoms with Gasteiger partial charge in [-0.3, -0.25) is 0 Å². The van der Waals surface area contributed by atoms with Crippen LogP contribution in [0.3, 0.4) is 0 Å². The average molecular weight is 414 g/mol. The predicted octanol–water partition coefficient (Wildman–Crippen LogP) is -0.0739. The van der Waals surface area contributed by atoms with Crippen molar-refractivity contribution in [1.29, 1.82) is 0 Å². The summed E-state index contributed by atoms with van der Waals surface area (Å²) in [4.78, 5) is 32.6. The van der Waals surface area contributed by atoms with E-state index in [1.54, 1.807) is 0 Å². The summed E-state index contributed by atoms with van der Waals surface area (Å²) < 4.78 is 11.7. The molecule has 29 heavy (non-hydrogen) atoms. The summed E-state index contributed by atoms with van der Waals surface area (Å²) in [6.45, 7) is 0.779. The molecule has 0 unspecified atom stereocenters. The summed E-state index contributed by atoms with van der Waals surface area (Å²) in [5.74, 6) is -3.00. The van der Waals surface area contributed by atoms with Crippen LogP contribution >= 0.6 is 0 Å². The van der Waals surface area contributed by atoms with Crippen LogP contribution in [0.2, 0.25) is 0 Å². The third-order valence-electron chi connectivity index (χ3n) is 3.46. The maximum Gasteiger partial charge on any atom is 0.335 e. The van der Waals surface area contributed by atoms with E-state index in [1.807, 2.05) is 0 Å². The Balaban J connectivity index is 1.46. The van der Waals surface area contributed by atoms with Crippen molar-refractivity contribution in [1.82, 2.24) is 9.46 Å². The van der Waals surface area contributed by atoms with Gasteiger partial charge in [0, 0.05) is 37.5 Å². The third-order valence-corrected chi connectivity index (χ3v) is 3.46. The van der Waals surface area contributed by atoms with Gasteiger partial charge in [-0.15, -0.1) is 9.46 Å². The summed E-state index contributed by atoms with van der Waals surface area (Å²) in [5, 5.41) is 37.4. The van der Waals surface area contributed by atoms with Gasteiger partial charge < -0.3 is 39.6 Å². The van der Waals surface area contributed by atoms with Gasteiger partial charge in [-0.25, -0.2) is 9.59 Å². The normalized spacial score (nSPS) is 10.8. The molecular formula is C17H22N2O10. The van der Waals surface area contributed by atoms with Gasteiger partial charge >= 0.3 is 11.9 Å². The van der Waals surface area contributed by atoms with E-state index < -0.39 is 35.5 Å². The summed E-state index contributed by atoms with van der Waals surface area (Å²) in [6.07, 6.45) is 0.355. The maximum absolute atomic E-state index is 11.6. The molecule has 0 aromatic carbocycles. The van der Waals surface area contributed by atoms with Gasteiger partial charge in [0.2, 0.25) is 23.5 Å². The second-order valence-corrected chi connectivity index (χ2v) is 5.69. The molecule has 0 radical (unpaired) electrons. The van der Waals surface area contributed by atoms with E-state index in [4.69, 9.17) is 19.1 Å². The third kappa shape index (κ3) is 6.93. The van der Waals surface area contributed by atoms with E-state index in [2.05, 4.69) is 0 Å². The van der Waals surface area contributed by atoms with Crippen LogP contribution in [0.15, 0.2) is 24.3 Å². The molecule has 2 aromatic rings. The molecule has 12 heteroatoms. The predicted molar refractivity (Wildman–Crippen MR) is 94.2 cm³/mol. The van der Waals surface area contributed by atoms with Crippen LogP contribution in [-0.4, -0.2) is 68.3 Å². The first kappa shape index (κ1) is 21.9. The minimum absolute atomic E-state index is 0.0805. The van der Waals surface area contributed by atoms with Crippen molar-refractivity contribution >= 4 is 11.9 Å². The molecule has 0 amide bonds. The first-order valence-corrected chi connectivity index (χ1v) is 8.65. The maximum atomic E-state index is 11.6. The molecule has 0 bridgehead atoms. The van der Waals surface area contributed by atoms with Gasteiger partial charge in [0.25, 0.3) is 0 Å². The smallest absolute Gasteiger partial charge is 0.335 e. The Morgan fingerprint density at radius 1 is 0.655 bits per heavy atom. The van der Waals surface area contributed by atoms with E-state index in [0.29, 0.717) is 29.1 Å². The molecule has 0 fully saturated rings. The van der Waals surface area contributed by atoms with Crippen molar-refractivity contribution in [2.24, 2.45) is 0 Å². The molecule has 0 saturated carbocycles. The molecular weight excluding hydrogens is 392 g/mol. The molecule has 2 aromatic heterocycles. The molecule has 160 valence electrons. The summed E-state index contributed by atoms with van der Waals surface area (Å²) in [6, 6.07) is 4.69. The zero-order chi connectivity index (χ0) is 21.2. The second kappa shape index (κ2) is 10.8. The monoisotopic (exact) mass is 414 g/mol. The van der Waals surface area contributed by atoms with Crippen molar-refractivity contribution in [3.63, 3.8) is 0 Å². The molecule has 0 spiro atoms. The number of aromatic hydroxyl groups is 4. The summed E-state index contributed by atoms with van der Waals surface area (Å²) >= 11 is 0. The Labute approximate surface area is 164 Å². The number of carbonyl (C=O) groups excluding carboxylic acids is 2. The van der Waals surface area contributed by atoms with Gasteiger partial charge in [0.05, 0.1) is 26.1 Å². The van der Waals surface area contributed by atoms with Crippen molar-refractivity contribution in [2.75, 3.05) is 26.4 Å². The highest BCUT2D eigenvalue weighted by Crippen LogP contribution is 2.19. The van der Waals surface area contributed by atoms with Crippen molar-refractivity contribution in [2.45, 2.75) is 19.3 Å². The fraction of sp³-hybridized carbons (Fsp3) is 0.412. The van der Waals surface area contributed by atoms with Gasteiger partial charge in [0.1, 0.15) is 0 Å². The second-order valence-electron chi connectivity index (χ2n) is 5.69.